The first kappa shape index (κ1) is 17.2. The Morgan fingerprint density at radius 2 is 1.65 bits per heavy atom. The van der Waals surface area contributed by atoms with Gasteiger partial charge in [-0.2, -0.15) is 0 Å². The first-order chi connectivity index (χ1) is 11.1. The lowest BCUT2D eigenvalue weighted by Gasteiger charge is -2.36. The highest BCUT2D eigenvalue weighted by Crippen LogP contribution is 2.33. The minimum atomic E-state index is -0.700. The van der Waals surface area contributed by atoms with Crippen molar-refractivity contribution < 1.29 is 9.90 Å². The van der Waals surface area contributed by atoms with E-state index in [4.69, 9.17) is 0 Å². The number of nitrogens with zero attached hydrogens (tertiary/aromatic N) is 2. The monoisotopic (exact) mass is 322 g/mol. The van der Waals surface area contributed by atoms with Gasteiger partial charge in [-0.15, -0.1) is 0 Å². The summed E-state index contributed by atoms with van der Waals surface area (Å²) in [6.45, 7) is 5.44. The molecule has 4 nitrogen and oxygen atoms in total. The Hall–Kier alpha value is -0.610. The van der Waals surface area contributed by atoms with E-state index < -0.39 is 5.60 Å². The number of likely N-dealkylation sites (tertiary alicyclic amines) is 2. The van der Waals surface area contributed by atoms with E-state index in [9.17, 15) is 9.90 Å². The van der Waals surface area contributed by atoms with Crippen molar-refractivity contribution in [3.05, 3.63) is 0 Å². The summed E-state index contributed by atoms with van der Waals surface area (Å²) in [5.41, 5.74) is -0.700. The molecule has 0 bridgehead atoms. The molecule has 0 spiro atoms. The Bertz CT molecular complexity index is 385. The fourth-order valence-electron chi connectivity index (χ4n) is 4.73. The van der Waals surface area contributed by atoms with Gasteiger partial charge in [-0.25, -0.2) is 0 Å². The van der Waals surface area contributed by atoms with Crippen LogP contribution in [0.3, 0.4) is 0 Å². The van der Waals surface area contributed by atoms with Crippen LogP contribution in [0.4, 0.5) is 0 Å². The maximum Gasteiger partial charge on any atom is 0.225 e. The van der Waals surface area contributed by atoms with Crippen molar-refractivity contribution in [1.82, 2.24) is 9.80 Å². The second-order valence-corrected chi connectivity index (χ2v) is 8.17. The molecule has 0 aromatic heterocycles. The lowest BCUT2D eigenvalue weighted by molar-refractivity contribution is -0.138. The van der Waals surface area contributed by atoms with Gasteiger partial charge < -0.3 is 14.9 Å². The molecule has 3 aliphatic rings. The van der Waals surface area contributed by atoms with Crippen LogP contribution in [0.25, 0.3) is 0 Å². The highest BCUT2D eigenvalue weighted by atomic mass is 16.3. The van der Waals surface area contributed by atoms with Crippen molar-refractivity contribution in [3.63, 3.8) is 0 Å². The summed E-state index contributed by atoms with van der Waals surface area (Å²) in [5, 5.41) is 10.5. The van der Waals surface area contributed by atoms with Crippen LogP contribution in [0.1, 0.15) is 70.6 Å². The van der Waals surface area contributed by atoms with Gasteiger partial charge in [-0.05, 0) is 57.5 Å². The Labute approximate surface area is 141 Å². The zero-order chi connectivity index (χ0) is 16.1. The molecular formula is C19H34N2O2. The van der Waals surface area contributed by atoms with Crippen LogP contribution in [-0.4, -0.2) is 59.1 Å². The molecule has 1 saturated carbocycles. The second-order valence-electron chi connectivity index (χ2n) is 8.17. The van der Waals surface area contributed by atoms with Crippen LogP contribution >= 0.6 is 0 Å². The highest BCUT2D eigenvalue weighted by molar-refractivity contribution is 5.77. The summed E-state index contributed by atoms with van der Waals surface area (Å²) in [5.74, 6) is 0.819. The normalized spacial score (nSPS) is 29.4. The number of piperidine rings is 1. The molecule has 2 aliphatic heterocycles. The van der Waals surface area contributed by atoms with Crippen molar-refractivity contribution in [1.29, 1.82) is 0 Å². The molecule has 1 atom stereocenters. The lowest BCUT2D eigenvalue weighted by atomic mass is 9.94. The summed E-state index contributed by atoms with van der Waals surface area (Å²) >= 11 is 0. The van der Waals surface area contributed by atoms with Crippen molar-refractivity contribution in [2.75, 3.05) is 32.7 Å². The molecule has 0 aromatic rings. The van der Waals surface area contributed by atoms with Gasteiger partial charge in [0.25, 0.3) is 0 Å². The van der Waals surface area contributed by atoms with Gasteiger partial charge in [-0.3, -0.25) is 4.79 Å². The standard InChI is InChI=1S/C19H34N2O2/c22-18(14-19(23)9-3-4-10-19)21-13-7-8-17(16-21)15-20-11-5-1-2-6-12-20/h17,23H,1-16H2. The fraction of sp³-hybridized carbons (Fsp3) is 0.947. The number of hydrogen-bond donors (Lipinski definition) is 1. The molecule has 2 heterocycles. The van der Waals surface area contributed by atoms with Gasteiger partial charge in [0.05, 0.1) is 12.0 Å². The first-order valence-electron chi connectivity index (χ1n) is 9.87. The van der Waals surface area contributed by atoms with Crippen LogP contribution in [0.2, 0.25) is 0 Å². The molecule has 132 valence electrons. The Kier molecular flexibility index (Phi) is 5.97. The van der Waals surface area contributed by atoms with E-state index in [0.717, 1.165) is 51.7 Å². The van der Waals surface area contributed by atoms with E-state index in [0.29, 0.717) is 12.3 Å². The molecule has 1 unspecified atom stereocenters. The van der Waals surface area contributed by atoms with Crippen LogP contribution in [0.5, 0.6) is 0 Å². The minimum absolute atomic E-state index is 0.190. The van der Waals surface area contributed by atoms with E-state index in [2.05, 4.69) is 4.90 Å². The van der Waals surface area contributed by atoms with Crippen LogP contribution in [0.15, 0.2) is 0 Å². The smallest absolute Gasteiger partial charge is 0.225 e. The third-order valence-electron chi connectivity index (χ3n) is 6.10. The highest BCUT2D eigenvalue weighted by Gasteiger charge is 2.36. The molecule has 23 heavy (non-hydrogen) atoms. The molecule has 1 N–H and O–H groups in total. The maximum atomic E-state index is 12.6. The number of carbonyl (C=O) groups excluding carboxylic acids is 1. The number of rotatable bonds is 4. The SMILES string of the molecule is O=C(CC1(O)CCCC1)N1CCCC(CN2CCCCCC2)C1. The summed E-state index contributed by atoms with van der Waals surface area (Å²) in [7, 11) is 0. The van der Waals surface area contributed by atoms with Gasteiger partial charge in [0.15, 0.2) is 0 Å². The van der Waals surface area contributed by atoms with Gasteiger partial charge >= 0.3 is 0 Å². The predicted octanol–water partition coefficient (Wildman–Crippen LogP) is 2.80. The molecular weight excluding hydrogens is 288 g/mol. The molecule has 3 rings (SSSR count). The van der Waals surface area contributed by atoms with Gasteiger partial charge in [0.2, 0.25) is 5.91 Å². The van der Waals surface area contributed by atoms with Crippen LogP contribution in [-0.2, 0) is 4.79 Å². The Morgan fingerprint density at radius 1 is 0.957 bits per heavy atom. The Morgan fingerprint density at radius 3 is 2.35 bits per heavy atom. The average molecular weight is 322 g/mol. The average Bonchev–Trinajstić information content (AvgIpc) is 2.81. The van der Waals surface area contributed by atoms with Gasteiger partial charge in [-0.1, -0.05) is 25.7 Å². The zero-order valence-corrected chi connectivity index (χ0v) is 14.6. The molecule has 2 saturated heterocycles. The third-order valence-corrected chi connectivity index (χ3v) is 6.10. The fourth-order valence-corrected chi connectivity index (χ4v) is 4.73. The van der Waals surface area contributed by atoms with E-state index in [1.807, 2.05) is 4.90 Å². The Balaban J connectivity index is 1.48. The summed E-state index contributed by atoms with van der Waals surface area (Å²) < 4.78 is 0. The van der Waals surface area contributed by atoms with Gasteiger partial charge in [0.1, 0.15) is 0 Å². The van der Waals surface area contributed by atoms with Crippen molar-refractivity contribution in [2.24, 2.45) is 5.92 Å². The molecule has 4 heteroatoms. The number of amides is 1. The number of hydrogen-bond acceptors (Lipinski definition) is 3. The summed E-state index contributed by atoms with van der Waals surface area (Å²) in [6.07, 6.45) is 11.9. The van der Waals surface area contributed by atoms with Crippen molar-refractivity contribution >= 4 is 5.91 Å². The number of aliphatic hydroxyl groups is 1. The summed E-state index contributed by atoms with van der Waals surface area (Å²) in [4.78, 5) is 17.3. The molecule has 0 radical (unpaired) electrons. The third kappa shape index (κ3) is 4.93. The van der Waals surface area contributed by atoms with E-state index in [-0.39, 0.29) is 5.91 Å². The van der Waals surface area contributed by atoms with Crippen molar-refractivity contribution in [3.8, 4) is 0 Å². The van der Waals surface area contributed by atoms with E-state index in [1.54, 1.807) is 0 Å². The molecule has 0 aromatic carbocycles. The predicted molar refractivity (Wildman–Crippen MR) is 92.2 cm³/mol. The topological polar surface area (TPSA) is 43.8 Å². The van der Waals surface area contributed by atoms with Crippen molar-refractivity contribution in [2.45, 2.75) is 76.2 Å². The van der Waals surface area contributed by atoms with E-state index >= 15 is 0 Å². The molecule has 1 aliphatic carbocycles. The van der Waals surface area contributed by atoms with Crippen LogP contribution < -0.4 is 0 Å². The minimum Gasteiger partial charge on any atom is -0.389 e. The summed E-state index contributed by atoms with van der Waals surface area (Å²) in [6, 6.07) is 0. The largest absolute Gasteiger partial charge is 0.389 e. The maximum absolute atomic E-state index is 12.6. The lowest BCUT2D eigenvalue weighted by Crippen LogP contribution is -2.46. The quantitative estimate of drug-likeness (QED) is 0.865. The molecule has 3 fully saturated rings. The first-order valence-corrected chi connectivity index (χ1v) is 9.87. The van der Waals surface area contributed by atoms with E-state index in [1.165, 1.54) is 45.2 Å². The second kappa shape index (κ2) is 7.98. The number of carbonyl (C=O) groups is 1. The molecule has 1 amide bonds. The van der Waals surface area contributed by atoms with Gasteiger partial charge in [0, 0.05) is 19.6 Å². The zero-order valence-electron chi connectivity index (χ0n) is 14.6. The van der Waals surface area contributed by atoms with Crippen LogP contribution in [0, 0.1) is 5.92 Å².